The quantitative estimate of drug-likeness (QED) is 0.723. The maximum absolute atomic E-state index is 13.2. The molecule has 1 amide bonds. The van der Waals surface area contributed by atoms with Gasteiger partial charge in [0.25, 0.3) is 0 Å². The van der Waals surface area contributed by atoms with Crippen molar-refractivity contribution >= 4 is 17.7 Å². The SMILES string of the molecule is Cc1cc(C)n(-c2ccccc2NC(=O)/C=C/c2cccc(F)c2)n1. The second kappa shape index (κ2) is 7.13. The van der Waals surface area contributed by atoms with Crippen molar-refractivity contribution < 1.29 is 9.18 Å². The predicted octanol–water partition coefficient (Wildman–Crippen LogP) is 4.28. The molecule has 0 atom stereocenters. The first-order valence-electron chi connectivity index (χ1n) is 7.90. The minimum Gasteiger partial charge on any atom is -0.321 e. The van der Waals surface area contributed by atoms with Crippen molar-refractivity contribution in [3.8, 4) is 5.69 Å². The molecule has 0 spiro atoms. The summed E-state index contributed by atoms with van der Waals surface area (Å²) in [6.07, 6.45) is 2.96. The highest BCUT2D eigenvalue weighted by Gasteiger charge is 2.09. The van der Waals surface area contributed by atoms with Gasteiger partial charge in [-0.05, 0) is 55.8 Å². The molecule has 0 aliphatic carbocycles. The van der Waals surface area contributed by atoms with E-state index < -0.39 is 0 Å². The average Bonchev–Trinajstić information content (AvgIpc) is 2.92. The molecule has 0 fully saturated rings. The van der Waals surface area contributed by atoms with E-state index in [2.05, 4.69) is 10.4 Å². The fraction of sp³-hybridized carbons (Fsp3) is 0.100. The largest absolute Gasteiger partial charge is 0.321 e. The zero-order valence-electron chi connectivity index (χ0n) is 14.0. The molecule has 3 aromatic rings. The van der Waals surface area contributed by atoms with Gasteiger partial charge in [-0.25, -0.2) is 9.07 Å². The number of rotatable bonds is 4. The number of aryl methyl sites for hydroxylation is 2. The molecule has 0 saturated heterocycles. The summed E-state index contributed by atoms with van der Waals surface area (Å²) in [5, 5.41) is 7.31. The number of nitrogens with zero attached hydrogens (tertiary/aromatic N) is 2. The van der Waals surface area contributed by atoms with E-state index in [1.165, 1.54) is 18.2 Å². The Labute approximate surface area is 145 Å². The predicted molar refractivity (Wildman–Crippen MR) is 97.1 cm³/mol. The van der Waals surface area contributed by atoms with Crippen LogP contribution in [0.15, 0.2) is 60.7 Å². The number of hydrogen-bond donors (Lipinski definition) is 1. The summed E-state index contributed by atoms with van der Waals surface area (Å²) in [4.78, 5) is 12.2. The zero-order chi connectivity index (χ0) is 17.8. The first-order valence-corrected chi connectivity index (χ1v) is 7.90. The van der Waals surface area contributed by atoms with Gasteiger partial charge >= 0.3 is 0 Å². The molecular formula is C20H18FN3O. The van der Waals surface area contributed by atoms with E-state index in [0.29, 0.717) is 11.3 Å². The highest BCUT2D eigenvalue weighted by Crippen LogP contribution is 2.21. The van der Waals surface area contributed by atoms with Crippen LogP contribution in [0.1, 0.15) is 17.0 Å². The standard InChI is InChI=1S/C20H18FN3O/c1-14-12-15(2)24(23-14)19-9-4-3-8-18(19)22-20(25)11-10-16-6-5-7-17(21)13-16/h3-13H,1-2H3,(H,22,25)/b11-10+. The van der Waals surface area contributed by atoms with Crippen LogP contribution >= 0.6 is 0 Å². The molecule has 5 heteroatoms. The van der Waals surface area contributed by atoms with Crippen molar-refractivity contribution in [2.75, 3.05) is 5.32 Å². The summed E-state index contributed by atoms with van der Waals surface area (Å²) in [6.45, 7) is 3.88. The fourth-order valence-corrected chi connectivity index (χ4v) is 2.59. The van der Waals surface area contributed by atoms with E-state index in [9.17, 15) is 9.18 Å². The molecule has 126 valence electrons. The number of hydrogen-bond acceptors (Lipinski definition) is 2. The van der Waals surface area contributed by atoms with Crippen molar-refractivity contribution in [1.29, 1.82) is 0 Å². The van der Waals surface area contributed by atoms with Gasteiger partial charge in [-0.15, -0.1) is 0 Å². The van der Waals surface area contributed by atoms with Crippen molar-refractivity contribution in [1.82, 2.24) is 9.78 Å². The number of aromatic nitrogens is 2. The third kappa shape index (κ3) is 4.01. The van der Waals surface area contributed by atoms with E-state index in [0.717, 1.165) is 17.1 Å². The number of carbonyl (C=O) groups excluding carboxylic acids is 1. The lowest BCUT2D eigenvalue weighted by Crippen LogP contribution is -2.11. The molecule has 1 aromatic heterocycles. The number of halogens is 1. The van der Waals surface area contributed by atoms with Crippen molar-refractivity contribution in [2.45, 2.75) is 13.8 Å². The van der Waals surface area contributed by atoms with E-state index in [1.54, 1.807) is 22.9 Å². The fourth-order valence-electron chi connectivity index (χ4n) is 2.59. The van der Waals surface area contributed by atoms with Gasteiger partial charge in [0.2, 0.25) is 5.91 Å². The van der Waals surface area contributed by atoms with Crippen LogP contribution in [-0.4, -0.2) is 15.7 Å². The van der Waals surface area contributed by atoms with Crippen LogP contribution in [0, 0.1) is 19.7 Å². The molecule has 25 heavy (non-hydrogen) atoms. The maximum Gasteiger partial charge on any atom is 0.248 e. The van der Waals surface area contributed by atoms with E-state index >= 15 is 0 Å². The van der Waals surface area contributed by atoms with Crippen molar-refractivity contribution in [3.05, 3.63) is 83.4 Å². The summed E-state index contributed by atoms with van der Waals surface area (Å²) in [6, 6.07) is 15.5. The Hall–Kier alpha value is -3.21. The van der Waals surface area contributed by atoms with Gasteiger partial charge in [-0.2, -0.15) is 5.10 Å². The van der Waals surface area contributed by atoms with Crippen LogP contribution < -0.4 is 5.32 Å². The van der Waals surface area contributed by atoms with Gasteiger partial charge in [-0.3, -0.25) is 4.79 Å². The smallest absolute Gasteiger partial charge is 0.248 e. The molecule has 0 aliphatic rings. The van der Waals surface area contributed by atoms with Gasteiger partial charge in [0.05, 0.1) is 17.1 Å². The van der Waals surface area contributed by atoms with E-state index in [4.69, 9.17) is 0 Å². The van der Waals surface area contributed by atoms with Gasteiger partial charge in [0.1, 0.15) is 5.82 Å². The first kappa shape index (κ1) is 16.6. The minimum absolute atomic E-state index is 0.293. The van der Waals surface area contributed by atoms with Gasteiger partial charge in [-0.1, -0.05) is 24.3 Å². The summed E-state index contributed by atoms with van der Waals surface area (Å²) in [5.41, 5.74) is 3.96. The van der Waals surface area contributed by atoms with E-state index in [1.807, 2.05) is 44.2 Å². The summed E-state index contributed by atoms with van der Waals surface area (Å²) in [7, 11) is 0. The molecule has 3 rings (SSSR count). The molecule has 1 N–H and O–H groups in total. The molecule has 0 saturated carbocycles. The van der Waals surface area contributed by atoms with Crippen molar-refractivity contribution in [2.24, 2.45) is 0 Å². The van der Waals surface area contributed by atoms with Gasteiger partial charge in [0, 0.05) is 11.8 Å². The Balaban J connectivity index is 1.81. The zero-order valence-corrected chi connectivity index (χ0v) is 14.0. The highest BCUT2D eigenvalue weighted by atomic mass is 19.1. The van der Waals surface area contributed by atoms with E-state index in [-0.39, 0.29) is 11.7 Å². The van der Waals surface area contributed by atoms with Crippen LogP contribution in [0.5, 0.6) is 0 Å². The third-order valence-electron chi connectivity index (χ3n) is 3.68. The first-order chi connectivity index (χ1) is 12.0. The topological polar surface area (TPSA) is 46.9 Å². The molecule has 0 aliphatic heterocycles. The number of carbonyl (C=O) groups is 1. The normalized spacial score (nSPS) is 11.0. The monoisotopic (exact) mass is 335 g/mol. The average molecular weight is 335 g/mol. The number of para-hydroxylation sites is 2. The van der Waals surface area contributed by atoms with Crippen LogP contribution in [0.3, 0.4) is 0 Å². The van der Waals surface area contributed by atoms with Crippen molar-refractivity contribution in [3.63, 3.8) is 0 Å². The van der Waals surface area contributed by atoms with Crippen LogP contribution in [0.2, 0.25) is 0 Å². The lowest BCUT2D eigenvalue weighted by molar-refractivity contribution is -0.111. The highest BCUT2D eigenvalue weighted by molar-refractivity contribution is 6.03. The molecular weight excluding hydrogens is 317 g/mol. The Bertz CT molecular complexity index is 944. The van der Waals surface area contributed by atoms with Crippen LogP contribution in [-0.2, 0) is 4.79 Å². The lowest BCUT2D eigenvalue weighted by Gasteiger charge is -2.11. The Morgan fingerprint density at radius 3 is 2.64 bits per heavy atom. The minimum atomic E-state index is -0.336. The Kier molecular flexibility index (Phi) is 4.75. The summed E-state index contributed by atoms with van der Waals surface area (Å²) >= 11 is 0. The Morgan fingerprint density at radius 2 is 1.92 bits per heavy atom. The number of anilines is 1. The molecule has 2 aromatic carbocycles. The molecule has 4 nitrogen and oxygen atoms in total. The van der Waals surface area contributed by atoms with Gasteiger partial charge < -0.3 is 5.32 Å². The number of amides is 1. The number of benzene rings is 2. The third-order valence-corrected chi connectivity index (χ3v) is 3.68. The van der Waals surface area contributed by atoms with Crippen LogP contribution in [0.4, 0.5) is 10.1 Å². The Morgan fingerprint density at radius 1 is 1.12 bits per heavy atom. The van der Waals surface area contributed by atoms with Crippen LogP contribution in [0.25, 0.3) is 11.8 Å². The lowest BCUT2D eigenvalue weighted by atomic mass is 10.2. The summed E-state index contributed by atoms with van der Waals surface area (Å²) in [5.74, 6) is -0.629. The molecule has 1 heterocycles. The van der Waals surface area contributed by atoms with Gasteiger partial charge in [0.15, 0.2) is 0 Å². The second-order valence-corrected chi connectivity index (χ2v) is 5.73. The molecule has 0 bridgehead atoms. The maximum atomic E-state index is 13.2. The second-order valence-electron chi connectivity index (χ2n) is 5.73. The summed E-state index contributed by atoms with van der Waals surface area (Å²) < 4.78 is 15.0. The molecule has 0 unspecified atom stereocenters. The molecule has 0 radical (unpaired) electrons. The number of nitrogens with one attached hydrogen (secondary N) is 1.